The Morgan fingerprint density at radius 1 is 1.00 bits per heavy atom. The summed E-state index contributed by atoms with van der Waals surface area (Å²) in [6.07, 6.45) is 0.927. The number of carbonyl (C=O) groups is 1. The van der Waals surface area contributed by atoms with Crippen molar-refractivity contribution in [3.63, 3.8) is 0 Å². The summed E-state index contributed by atoms with van der Waals surface area (Å²) in [5.74, 6) is 0.894. The van der Waals surface area contributed by atoms with Gasteiger partial charge in [0.05, 0.1) is 12.5 Å². The largest absolute Gasteiger partial charge is 0.494 e. The average Bonchev–Trinajstić information content (AvgIpc) is 2.87. The predicted molar refractivity (Wildman–Crippen MR) is 130 cm³/mol. The van der Waals surface area contributed by atoms with E-state index in [1.54, 1.807) is 18.2 Å². The highest BCUT2D eigenvalue weighted by atomic mass is 16.6. The first kappa shape index (κ1) is 23.7. The van der Waals surface area contributed by atoms with E-state index < -0.39 is 11.9 Å². The van der Waals surface area contributed by atoms with Gasteiger partial charge in [0.15, 0.2) is 6.61 Å². The summed E-state index contributed by atoms with van der Waals surface area (Å²) < 4.78 is 22.5. The molecule has 0 bridgehead atoms. The Hall–Kier alpha value is -4.44. The van der Waals surface area contributed by atoms with Gasteiger partial charge in [-0.25, -0.2) is 4.79 Å². The van der Waals surface area contributed by atoms with E-state index in [4.69, 9.17) is 24.7 Å². The maximum atomic E-state index is 12.4. The Balaban J connectivity index is 1.55. The second kappa shape index (κ2) is 10.7. The van der Waals surface area contributed by atoms with Crippen molar-refractivity contribution in [1.29, 1.82) is 5.26 Å². The molecule has 3 aromatic carbocycles. The minimum absolute atomic E-state index is 0.00126. The number of benzene rings is 3. The van der Waals surface area contributed by atoms with Gasteiger partial charge in [-0.3, -0.25) is 0 Å². The standard InChI is InChI=1S/C28H26N2O5/c1-3-18-9-11-19(12-10-18)33-17-26(31)34-20-13-14-22-25(15-20)35-28(30)23(16-29)27(22)21-7-5-6-8-24(21)32-4-2/h5-15,27H,3-4,17,30H2,1-2H3. The third-order valence-electron chi connectivity index (χ3n) is 5.64. The van der Waals surface area contributed by atoms with Gasteiger partial charge >= 0.3 is 5.97 Å². The number of rotatable bonds is 8. The van der Waals surface area contributed by atoms with Crippen molar-refractivity contribution < 1.29 is 23.7 Å². The highest BCUT2D eigenvalue weighted by Gasteiger charge is 2.32. The van der Waals surface area contributed by atoms with E-state index in [0.29, 0.717) is 23.9 Å². The van der Waals surface area contributed by atoms with E-state index in [0.717, 1.165) is 17.5 Å². The zero-order valence-corrected chi connectivity index (χ0v) is 19.6. The van der Waals surface area contributed by atoms with Crippen molar-refractivity contribution in [3.05, 3.63) is 94.9 Å². The SMILES string of the molecule is CCOc1ccccc1C1C(C#N)=C(N)Oc2cc(OC(=O)COc3ccc(CC)cc3)ccc21. The van der Waals surface area contributed by atoms with Gasteiger partial charge in [-0.05, 0) is 43.2 Å². The fraction of sp³-hybridized carbons (Fsp3) is 0.214. The number of hydrogen-bond acceptors (Lipinski definition) is 7. The maximum Gasteiger partial charge on any atom is 0.349 e. The molecule has 0 aliphatic carbocycles. The molecule has 1 heterocycles. The van der Waals surface area contributed by atoms with Crippen LogP contribution >= 0.6 is 0 Å². The Kier molecular flexibility index (Phi) is 7.22. The van der Waals surface area contributed by atoms with E-state index in [-0.39, 0.29) is 23.8 Å². The van der Waals surface area contributed by atoms with Crippen LogP contribution in [0.1, 0.15) is 36.5 Å². The van der Waals surface area contributed by atoms with E-state index >= 15 is 0 Å². The Bertz CT molecular complexity index is 1290. The molecule has 1 aliphatic heterocycles. The van der Waals surface area contributed by atoms with Crippen LogP contribution in [0.4, 0.5) is 0 Å². The smallest absolute Gasteiger partial charge is 0.349 e. The molecular weight excluding hydrogens is 444 g/mol. The van der Waals surface area contributed by atoms with Crippen LogP contribution in [0.2, 0.25) is 0 Å². The van der Waals surface area contributed by atoms with Gasteiger partial charge in [-0.15, -0.1) is 0 Å². The summed E-state index contributed by atoms with van der Waals surface area (Å²) in [6, 6.07) is 22.2. The Morgan fingerprint density at radius 2 is 1.74 bits per heavy atom. The molecule has 0 saturated heterocycles. The summed E-state index contributed by atoms with van der Waals surface area (Å²) in [5.41, 5.74) is 9.09. The second-order valence-electron chi connectivity index (χ2n) is 7.86. The number of aryl methyl sites for hydroxylation is 1. The number of nitriles is 1. The summed E-state index contributed by atoms with van der Waals surface area (Å²) in [6.45, 7) is 4.21. The summed E-state index contributed by atoms with van der Waals surface area (Å²) >= 11 is 0. The average molecular weight is 471 g/mol. The van der Waals surface area contributed by atoms with E-state index in [2.05, 4.69) is 13.0 Å². The Labute approximate surface area is 204 Å². The van der Waals surface area contributed by atoms with Gasteiger partial charge in [0.1, 0.15) is 34.6 Å². The predicted octanol–water partition coefficient (Wildman–Crippen LogP) is 4.85. The van der Waals surface area contributed by atoms with Gasteiger partial charge in [0.2, 0.25) is 5.88 Å². The number of esters is 1. The molecule has 7 nitrogen and oxygen atoms in total. The minimum Gasteiger partial charge on any atom is -0.494 e. The first-order chi connectivity index (χ1) is 17.0. The number of carbonyl (C=O) groups excluding carboxylic acids is 1. The van der Waals surface area contributed by atoms with Gasteiger partial charge in [-0.2, -0.15) is 5.26 Å². The zero-order chi connectivity index (χ0) is 24.8. The lowest BCUT2D eigenvalue weighted by Gasteiger charge is -2.27. The number of allylic oxidation sites excluding steroid dienone is 1. The van der Waals surface area contributed by atoms with Crippen LogP contribution in [0.25, 0.3) is 0 Å². The molecule has 0 radical (unpaired) electrons. The maximum absolute atomic E-state index is 12.4. The summed E-state index contributed by atoms with van der Waals surface area (Å²) in [4.78, 5) is 12.4. The molecule has 3 aromatic rings. The number of fused-ring (bicyclic) bond motifs is 1. The van der Waals surface area contributed by atoms with Gasteiger partial charge in [-0.1, -0.05) is 43.3 Å². The monoisotopic (exact) mass is 470 g/mol. The first-order valence-corrected chi connectivity index (χ1v) is 11.4. The summed E-state index contributed by atoms with van der Waals surface area (Å²) in [7, 11) is 0. The fourth-order valence-corrected chi connectivity index (χ4v) is 3.95. The lowest BCUT2D eigenvalue weighted by atomic mass is 9.83. The lowest BCUT2D eigenvalue weighted by molar-refractivity contribution is -0.136. The summed E-state index contributed by atoms with van der Waals surface area (Å²) in [5, 5.41) is 9.80. The highest BCUT2D eigenvalue weighted by molar-refractivity contribution is 5.74. The molecule has 178 valence electrons. The van der Waals surface area contributed by atoms with Crippen LogP contribution in [-0.4, -0.2) is 19.2 Å². The van der Waals surface area contributed by atoms with Crippen molar-refractivity contribution in [3.8, 4) is 29.1 Å². The van der Waals surface area contributed by atoms with Crippen LogP contribution < -0.4 is 24.7 Å². The number of nitrogens with two attached hydrogens (primary N) is 1. The van der Waals surface area contributed by atoms with Gasteiger partial charge in [0.25, 0.3) is 0 Å². The van der Waals surface area contributed by atoms with E-state index in [1.807, 2.05) is 55.5 Å². The van der Waals surface area contributed by atoms with Gasteiger partial charge < -0.3 is 24.7 Å². The van der Waals surface area contributed by atoms with Gasteiger partial charge in [0, 0.05) is 17.2 Å². The lowest BCUT2D eigenvalue weighted by Crippen LogP contribution is -2.22. The molecule has 0 amide bonds. The number of hydrogen-bond donors (Lipinski definition) is 1. The molecule has 7 heteroatoms. The molecule has 0 fully saturated rings. The van der Waals surface area contributed by atoms with E-state index in [1.165, 1.54) is 5.56 Å². The molecule has 0 saturated carbocycles. The molecule has 0 spiro atoms. The fourth-order valence-electron chi connectivity index (χ4n) is 3.95. The third kappa shape index (κ3) is 5.22. The molecule has 4 rings (SSSR count). The molecular formula is C28H26N2O5. The molecule has 2 N–H and O–H groups in total. The normalized spacial score (nSPS) is 14.4. The van der Waals surface area contributed by atoms with E-state index in [9.17, 15) is 10.1 Å². The Morgan fingerprint density at radius 3 is 2.46 bits per heavy atom. The minimum atomic E-state index is -0.556. The molecule has 1 aliphatic rings. The van der Waals surface area contributed by atoms with Crippen LogP contribution in [0.15, 0.2) is 78.2 Å². The second-order valence-corrected chi connectivity index (χ2v) is 7.86. The molecule has 1 unspecified atom stereocenters. The number of ether oxygens (including phenoxy) is 4. The van der Waals surface area contributed by atoms with Crippen molar-refractivity contribution in [2.75, 3.05) is 13.2 Å². The molecule has 1 atom stereocenters. The zero-order valence-electron chi connectivity index (χ0n) is 19.6. The van der Waals surface area contributed by atoms with Crippen molar-refractivity contribution in [2.45, 2.75) is 26.2 Å². The topological polar surface area (TPSA) is 104 Å². The quantitative estimate of drug-likeness (QED) is 0.371. The highest BCUT2D eigenvalue weighted by Crippen LogP contribution is 2.45. The van der Waals surface area contributed by atoms with Crippen molar-refractivity contribution >= 4 is 5.97 Å². The first-order valence-electron chi connectivity index (χ1n) is 11.4. The van der Waals surface area contributed by atoms with Crippen LogP contribution in [0, 0.1) is 11.3 Å². The molecule has 0 aromatic heterocycles. The third-order valence-corrected chi connectivity index (χ3v) is 5.64. The molecule has 35 heavy (non-hydrogen) atoms. The van der Waals surface area contributed by atoms with Crippen LogP contribution in [-0.2, 0) is 11.2 Å². The van der Waals surface area contributed by atoms with Crippen LogP contribution in [0.5, 0.6) is 23.0 Å². The van der Waals surface area contributed by atoms with Crippen molar-refractivity contribution in [1.82, 2.24) is 0 Å². The number of nitrogens with zero attached hydrogens (tertiary/aromatic N) is 1. The van der Waals surface area contributed by atoms with Crippen molar-refractivity contribution in [2.24, 2.45) is 5.73 Å². The van der Waals surface area contributed by atoms with Crippen LogP contribution in [0.3, 0.4) is 0 Å². The number of para-hydroxylation sites is 1.